The highest BCUT2D eigenvalue weighted by Gasteiger charge is 2.46. The summed E-state index contributed by atoms with van der Waals surface area (Å²) in [7, 11) is -12.8. The van der Waals surface area contributed by atoms with Crippen molar-refractivity contribution in [3.63, 3.8) is 0 Å². The van der Waals surface area contributed by atoms with Gasteiger partial charge in [-0.3, -0.25) is 18.5 Å². The number of aliphatic imine (C=N–C) groups is 1. The average molecular weight is 942 g/mol. The Kier molecular flexibility index (Phi) is 13.9. The van der Waals surface area contributed by atoms with Crippen molar-refractivity contribution in [1.82, 2.24) is 4.90 Å². The van der Waals surface area contributed by atoms with E-state index in [1.807, 2.05) is 99.4 Å². The quantitative estimate of drug-likeness (QED) is 0.0412. The fourth-order valence-electron chi connectivity index (χ4n) is 8.32. The van der Waals surface area contributed by atoms with E-state index in [-0.39, 0.29) is 29.9 Å². The number of unbranched alkanes of at least 4 members (excludes halogenated alkanes) is 2. The van der Waals surface area contributed by atoms with Gasteiger partial charge in [0.25, 0.3) is 30.4 Å². The summed E-state index contributed by atoms with van der Waals surface area (Å²) < 4.78 is 101. The second kappa shape index (κ2) is 18.4. The maximum atomic E-state index is 12.3. The summed E-state index contributed by atoms with van der Waals surface area (Å²) in [6.45, 7) is 8.81. The number of carbonyl (C=O) groups is 1. The largest absolute Gasteiger partial charge is 0.481 e. The first-order chi connectivity index (χ1) is 29.3. The Hall–Kier alpha value is -4.75. The number of hydrogen-bond donors (Lipinski definition) is 4. The van der Waals surface area contributed by atoms with Gasteiger partial charge in [-0.05, 0) is 103 Å². The molecule has 0 unspecified atom stereocenters. The van der Waals surface area contributed by atoms with Gasteiger partial charge in [0, 0.05) is 54.3 Å². The molecule has 0 atom stereocenters. The highest BCUT2D eigenvalue weighted by Crippen LogP contribution is 2.47. The van der Waals surface area contributed by atoms with Crippen LogP contribution >= 0.6 is 11.6 Å². The average Bonchev–Trinajstić information content (AvgIpc) is 3.57. The topological polar surface area (TPSA) is 219 Å². The van der Waals surface area contributed by atoms with Crippen LogP contribution in [-0.2, 0) is 47.0 Å². The SMILES string of the molecule is CC1(C)C2=CC(Cl)=CN(CCCCS(=O)(=O)O)C2=N/C1=C/C=C(/C=C/C1=[N+](CCCCS(=O)(=O)O)c2ccc3ccc(S(=O)(=O)O)cc3c2C1(C)C)c1cccc(CCC(=O)O)c1. The van der Waals surface area contributed by atoms with Crippen molar-refractivity contribution in [2.24, 2.45) is 10.4 Å². The number of allylic oxidation sites excluding steroid dienone is 8. The Morgan fingerprint density at radius 1 is 0.873 bits per heavy atom. The van der Waals surface area contributed by atoms with Gasteiger partial charge in [0.15, 0.2) is 5.71 Å². The van der Waals surface area contributed by atoms with Crippen molar-refractivity contribution in [2.75, 3.05) is 24.6 Å². The van der Waals surface area contributed by atoms with E-state index in [1.165, 1.54) is 12.1 Å². The number of amidine groups is 1. The number of rotatable bonds is 18. The van der Waals surface area contributed by atoms with Crippen LogP contribution in [0.2, 0.25) is 0 Å². The lowest BCUT2D eigenvalue weighted by atomic mass is 9.79. The molecule has 3 aliphatic rings. The normalized spacial score (nSPS) is 18.2. The molecule has 0 spiro atoms. The van der Waals surface area contributed by atoms with E-state index in [2.05, 4.69) is 4.58 Å². The molecule has 14 nitrogen and oxygen atoms in total. The van der Waals surface area contributed by atoms with Crippen LogP contribution in [0.25, 0.3) is 16.3 Å². The monoisotopic (exact) mass is 940 g/mol. The molecule has 0 fully saturated rings. The number of fused-ring (bicyclic) bond motifs is 4. The van der Waals surface area contributed by atoms with Crippen LogP contribution in [0.5, 0.6) is 0 Å². The van der Waals surface area contributed by atoms with E-state index < -0.39 is 52.9 Å². The van der Waals surface area contributed by atoms with Crippen molar-refractivity contribution < 1.29 is 53.4 Å². The molecule has 0 amide bonds. The van der Waals surface area contributed by atoms with E-state index in [1.54, 1.807) is 12.3 Å². The summed E-state index contributed by atoms with van der Waals surface area (Å²) in [6, 6.07) is 15.8. The second-order valence-electron chi connectivity index (χ2n) is 16.9. The minimum atomic E-state index is -4.53. The molecule has 0 aromatic heterocycles. The maximum absolute atomic E-state index is 12.3. The number of carboxylic acid groups (broad SMARTS) is 1. The summed E-state index contributed by atoms with van der Waals surface area (Å²) in [6.07, 6.45) is 12.8. The molecule has 0 saturated carbocycles. The van der Waals surface area contributed by atoms with Gasteiger partial charge in [-0.15, -0.1) is 0 Å². The number of hydrogen-bond acceptors (Lipinski definition) is 9. The minimum absolute atomic E-state index is 0.0593. The van der Waals surface area contributed by atoms with Gasteiger partial charge >= 0.3 is 5.97 Å². The first kappa shape index (κ1) is 47.7. The highest BCUT2D eigenvalue weighted by molar-refractivity contribution is 7.86. The van der Waals surface area contributed by atoms with E-state index in [0.29, 0.717) is 54.3 Å². The maximum Gasteiger partial charge on any atom is 0.303 e. The standard InChI is InChI=1S/C45H50ClN3O11S3/c1-44(2)37-27-34(46)29-48(22-5-7-24-61(52,53)54)43(37)47-39(44)19-15-31(33-11-9-10-30(26-33)12-21-41(50)51)16-20-40-45(3,4)42-36-28-35(63(58,59)60)17-13-32(36)14-18-38(42)49(40)23-6-8-25-62(55,56)57/h9-11,13-20,26-29H,5-8,12,21-25H2,1-4H3,(H3-,50,51,52,53,54,55,56,57,58,59,60)/p+1. The van der Waals surface area contributed by atoms with Gasteiger partial charge in [0.1, 0.15) is 12.4 Å². The Labute approximate surface area is 373 Å². The van der Waals surface area contributed by atoms with Crippen LogP contribution in [-0.4, -0.2) is 95.6 Å². The van der Waals surface area contributed by atoms with Crippen LogP contribution in [0.1, 0.15) is 76.5 Å². The van der Waals surface area contributed by atoms with Crippen LogP contribution in [0.15, 0.2) is 117 Å². The third kappa shape index (κ3) is 11.3. The summed E-state index contributed by atoms with van der Waals surface area (Å²) in [5.74, 6) is -1.03. The Morgan fingerprint density at radius 2 is 1.56 bits per heavy atom. The number of halogens is 1. The Morgan fingerprint density at radius 3 is 2.22 bits per heavy atom. The highest BCUT2D eigenvalue weighted by atomic mass is 35.5. The Balaban J connectivity index is 1.47. The number of benzene rings is 3. The van der Waals surface area contributed by atoms with E-state index in [0.717, 1.165) is 44.6 Å². The predicted molar refractivity (Wildman–Crippen MR) is 245 cm³/mol. The molecule has 0 radical (unpaired) electrons. The molecule has 3 aromatic carbocycles. The van der Waals surface area contributed by atoms with Crippen molar-refractivity contribution in [3.05, 3.63) is 124 Å². The Bertz CT molecular complexity index is 2930. The van der Waals surface area contributed by atoms with Gasteiger partial charge in [-0.25, -0.2) is 4.99 Å². The molecule has 336 valence electrons. The van der Waals surface area contributed by atoms with Crippen molar-refractivity contribution in [1.29, 1.82) is 0 Å². The number of aryl methyl sites for hydroxylation is 1. The van der Waals surface area contributed by atoms with Crippen LogP contribution < -0.4 is 0 Å². The van der Waals surface area contributed by atoms with E-state index in [9.17, 15) is 48.8 Å². The van der Waals surface area contributed by atoms with Gasteiger partial charge < -0.3 is 10.0 Å². The molecule has 3 heterocycles. The molecular weight excluding hydrogens is 890 g/mol. The fraction of sp³-hybridized carbons (Fsp3) is 0.356. The zero-order valence-corrected chi connectivity index (χ0v) is 38.5. The van der Waals surface area contributed by atoms with E-state index in [4.69, 9.17) is 16.6 Å². The summed E-state index contributed by atoms with van der Waals surface area (Å²) in [5, 5.41) is 11.3. The number of carboxylic acids is 1. The summed E-state index contributed by atoms with van der Waals surface area (Å²) in [4.78, 5) is 18.2. The third-order valence-electron chi connectivity index (χ3n) is 11.5. The molecule has 3 aromatic rings. The van der Waals surface area contributed by atoms with Crippen LogP contribution in [0.3, 0.4) is 0 Å². The van der Waals surface area contributed by atoms with Crippen LogP contribution in [0, 0.1) is 5.41 Å². The zero-order chi connectivity index (χ0) is 46.1. The van der Waals surface area contributed by atoms with Gasteiger partial charge in [-0.2, -0.15) is 29.8 Å². The first-order valence-electron chi connectivity index (χ1n) is 20.3. The van der Waals surface area contributed by atoms with Crippen LogP contribution in [0.4, 0.5) is 5.69 Å². The first-order valence-corrected chi connectivity index (χ1v) is 25.4. The fourth-order valence-corrected chi connectivity index (χ4v) is 10.2. The lowest BCUT2D eigenvalue weighted by Gasteiger charge is -2.29. The molecule has 4 N–H and O–H groups in total. The lowest BCUT2D eigenvalue weighted by molar-refractivity contribution is -0.438. The molecule has 0 aliphatic carbocycles. The van der Waals surface area contributed by atoms with Gasteiger partial charge in [0.2, 0.25) is 5.69 Å². The van der Waals surface area contributed by atoms with Crippen molar-refractivity contribution >= 4 is 81.5 Å². The molecule has 6 rings (SSSR count). The van der Waals surface area contributed by atoms with Crippen molar-refractivity contribution in [3.8, 4) is 0 Å². The summed E-state index contributed by atoms with van der Waals surface area (Å²) in [5.41, 5.74) is 4.91. The molecular formula is C45H51ClN3O11S3+. The second-order valence-corrected chi connectivity index (χ2v) is 21.9. The van der Waals surface area contributed by atoms with Gasteiger partial charge in [-0.1, -0.05) is 61.9 Å². The zero-order valence-electron chi connectivity index (χ0n) is 35.3. The van der Waals surface area contributed by atoms with Crippen molar-refractivity contribution in [2.45, 2.75) is 76.5 Å². The summed E-state index contributed by atoms with van der Waals surface area (Å²) >= 11 is 6.59. The molecule has 0 bridgehead atoms. The minimum Gasteiger partial charge on any atom is -0.481 e. The predicted octanol–water partition coefficient (Wildman–Crippen LogP) is 8.10. The molecule has 0 saturated heterocycles. The van der Waals surface area contributed by atoms with E-state index >= 15 is 0 Å². The number of aliphatic carboxylic acids is 1. The molecule has 63 heavy (non-hydrogen) atoms. The lowest BCUT2D eigenvalue weighted by Crippen LogP contribution is -2.32. The molecule has 3 aliphatic heterocycles. The van der Waals surface area contributed by atoms with Gasteiger partial charge in [0.05, 0.1) is 32.5 Å². The smallest absolute Gasteiger partial charge is 0.303 e. The third-order valence-corrected chi connectivity index (χ3v) is 14.2. The number of nitrogens with zero attached hydrogens (tertiary/aromatic N) is 3. The molecule has 18 heteroatoms.